The van der Waals surface area contributed by atoms with Crippen LogP contribution in [0.4, 0.5) is 0 Å². The Morgan fingerprint density at radius 2 is 1.96 bits per heavy atom. The Morgan fingerprint density at radius 3 is 2.48 bits per heavy atom. The Kier molecular flexibility index (Phi) is 4.74. The number of carbonyl (C=O) groups is 1. The summed E-state index contributed by atoms with van der Waals surface area (Å²) in [6, 6.07) is 6.59. The fourth-order valence-corrected chi connectivity index (χ4v) is 2.56. The lowest BCUT2D eigenvalue weighted by Gasteiger charge is -2.20. The van der Waals surface area contributed by atoms with E-state index in [1.807, 2.05) is 29.9 Å². The van der Waals surface area contributed by atoms with Gasteiger partial charge in [0.05, 0.1) is 26.0 Å². The van der Waals surface area contributed by atoms with Gasteiger partial charge < -0.3 is 23.8 Å². The molecule has 1 N–H and O–H groups in total. The summed E-state index contributed by atoms with van der Waals surface area (Å²) in [5, 5.41) is 2.99. The fourth-order valence-electron chi connectivity index (χ4n) is 2.56. The zero-order valence-corrected chi connectivity index (χ0v) is 14.2. The highest BCUT2D eigenvalue weighted by Crippen LogP contribution is 2.29. The maximum absolute atomic E-state index is 12.5. The molecule has 130 valence electrons. The maximum Gasteiger partial charge on any atom is 0.255 e. The maximum atomic E-state index is 12.5. The Morgan fingerprint density at radius 1 is 1.24 bits per heavy atom. The molecule has 0 aliphatic rings. The van der Waals surface area contributed by atoms with Gasteiger partial charge in [-0.2, -0.15) is 0 Å². The molecule has 0 aliphatic heterocycles. The predicted molar refractivity (Wildman–Crippen MR) is 90.8 cm³/mol. The van der Waals surface area contributed by atoms with E-state index in [0.717, 1.165) is 5.56 Å². The second kappa shape index (κ2) is 7.12. The molecule has 1 aromatic carbocycles. The highest BCUT2D eigenvalue weighted by molar-refractivity contribution is 5.94. The number of methoxy groups -OCH3 is 2. The number of nitrogens with one attached hydrogen (secondary N) is 1. The number of hydrogen-bond donors (Lipinski definition) is 1. The smallest absolute Gasteiger partial charge is 0.255 e. The zero-order chi connectivity index (χ0) is 17.8. The van der Waals surface area contributed by atoms with Crippen LogP contribution in [0.5, 0.6) is 11.5 Å². The first-order valence-electron chi connectivity index (χ1n) is 7.65. The van der Waals surface area contributed by atoms with Gasteiger partial charge >= 0.3 is 0 Å². The van der Waals surface area contributed by atoms with E-state index in [4.69, 9.17) is 13.9 Å². The average Bonchev–Trinajstić information content (AvgIpc) is 3.31. The molecule has 0 radical (unpaired) electrons. The number of rotatable bonds is 6. The van der Waals surface area contributed by atoms with Gasteiger partial charge in [-0.15, -0.1) is 0 Å². The van der Waals surface area contributed by atoms with Crippen molar-refractivity contribution in [3.05, 3.63) is 66.1 Å². The van der Waals surface area contributed by atoms with Gasteiger partial charge in [0.25, 0.3) is 5.91 Å². The number of furan rings is 1. The summed E-state index contributed by atoms with van der Waals surface area (Å²) in [5.41, 5.74) is 1.23. The standard InChI is InChI=1S/C18H19N3O4/c1-21-6-5-19-17(21)16(20-18(22)12-4-7-25-11-12)13-8-14(23-2)10-15(9-13)24-3/h4-11,16H,1-3H3,(H,20,22). The molecule has 3 aromatic rings. The topological polar surface area (TPSA) is 78.5 Å². The third-order valence-corrected chi connectivity index (χ3v) is 3.88. The van der Waals surface area contributed by atoms with Crippen molar-refractivity contribution in [3.8, 4) is 11.5 Å². The minimum absolute atomic E-state index is 0.261. The van der Waals surface area contributed by atoms with Crippen LogP contribution in [0.15, 0.2) is 53.6 Å². The van der Waals surface area contributed by atoms with Gasteiger partial charge in [-0.3, -0.25) is 4.79 Å². The highest BCUT2D eigenvalue weighted by atomic mass is 16.5. The molecule has 7 nitrogen and oxygen atoms in total. The van der Waals surface area contributed by atoms with Crippen molar-refractivity contribution in [1.29, 1.82) is 0 Å². The molecule has 7 heteroatoms. The van der Waals surface area contributed by atoms with Crippen molar-refractivity contribution in [1.82, 2.24) is 14.9 Å². The van der Waals surface area contributed by atoms with Crippen LogP contribution in [-0.2, 0) is 7.05 Å². The molecule has 25 heavy (non-hydrogen) atoms. The zero-order valence-electron chi connectivity index (χ0n) is 14.2. The number of imidazole rings is 1. The number of benzene rings is 1. The van der Waals surface area contributed by atoms with Crippen molar-refractivity contribution in [2.45, 2.75) is 6.04 Å². The van der Waals surface area contributed by atoms with Gasteiger partial charge in [-0.1, -0.05) is 0 Å². The Bertz CT molecular complexity index is 833. The van der Waals surface area contributed by atoms with E-state index in [0.29, 0.717) is 22.9 Å². The highest BCUT2D eigenvalue weighted by Gasteiger charge is 2.23. The molecule has 0 fully saturated rings. The van der Waals surface area contributed by atoms with Crippen LogP contribution in [0.3, 0.4) is 0 Å². The summed E-state index contributed by atoms with van der Waals surface area (Å²) in [5.74, 6) is 1.69. The number of carbonyl (C=O) groups excluding carboxylic acids is 1. The molecule has 0 saturated carbocycles. The molecule has 1 atom stereocenters. The van der Waals surface area contributed by atoms with Gasteiger partial charge in [-0.25, -0.2) is 4.98 Å². The van der Waals surface area contributed by atoms with Gasteiger partial charge in [0.15, 0.2) is 0 Å². The summed E-state index contributed by atoms with van der Waals surface area (Å²) in [6.45, 7) is 0. The summed E-state index contributed by atoms with van der Waals surface area (Å²) in [7, 11) is 5.04. The minimum atomic E-state index is -0.480. The van der Waals surface area contributed by atoms with Crippen LogP contribution in [0.2, 0.25) is 0 Å². The average molecular weight is 341 g/mol. The lowest BCUT2D eigenvalue weighted by atomic mass is 10.0. The van der Waals surface area contributed by atoms with Crippen molar-refractivity contribution < 1.29 is 18.7 Å². The monoisotopic (exact) mass is 341 g/mol. The van der Waals surface area contributed by atoms with E-state index in [1.165, 1.54) is 12.5 Å². The second-order valence-corrected chi connectivity index (χ2v) is 5.46. The first kappa shape index (κ1) is 16.6. The minimum Gasteiger partial charge on any atom is -0.497 e. The SMILES string of the molecule is COc1cc(OC)cc(C(NC(=O)c2ccoc2)c2nccn2C)c1. The predicted octanol–water partition coefficient (Wildman–Crippen LogP) is 2.55. The third kappa shape index (κ3) is 3.50. The van der Waals surface area contributed by atoms with E-state index in [1.54, 1.807) is 32.5 Å². The molecule has 3 rings (SSSR count). The normalized spacial score (nSPS) is 11.8. The van der Waals surface area contributed by atoms with Gasteiger partial charge in [-0.05, 0) is 23.8 Å². The van der Waals surface area contributed by atoms with Crippen LogP contribution in [-0.4, -0.2) is 29.7 Å². The number of aryl methyl sites for hydroxylation is 1. The molecule has 0 saturated heterocycles. The summed E-state index contributed by atoms with van der Waals surface area (Å²) in [4.78, 5) is 16.9. The second-order valence-electron chi connectivity index (χ2n) is 5.46. The largest absolute Gasteiger partial charge is 0.497 e. The Balaban J connectivity index is 2.02. The quantitative estimate of drug-likeness (QED) is 0.745. The van der Waals surface area contributed by atoms with Crippen LogP contribution >= 0.6 is 0 Å². The first-order valence-corrected chi connectivity index (χ1v) is 7.65. The van der Waals surface area contributed by atoms with Gasteiger partial charge in [0, 0.05) is 25.5 Å². The molecule has 0 spiro atoms. The molecular weight excluding hydrogens is 322 g/mol. The number of hydrogen-bond acceptors (Lipinski definition) is 5. The summed E-state index contributed by atoms with van der Waals surface area (Å²) in [6.07, 6.45) is 6.36. The molecule has 2 aromatic heterocycles. The number of ether oxygens (including phenoxy) is 2. The van der Waals surface area contributed by atoms with Crippen LogP contribution in [0.25, 0.3) is 0 Å². The van der Waals surface area contributed by atoms with E-state index in [9.17, 15) is 4.79 Å². The lowest BCUT2D eigenvalue weighted by molar-refractivity contribution is 0.0940. The summed E-state index contributed by atoms with van der Waals surface area (Å²) >= 11 is 0. The third-order valence-electron chi connectivity index (χ3n) is 3.88. The van der Waals surface area contributed by atoms with E-state index < -0.39 is 6.04 Å². The van der Waals surface area contributed by atoms with E-state index in [2.05, 4.69) is 10.3 Å². The number of nitrogens with zero attached hydrogens (tertiary/aromatic N) is 2. The van der Waals surface area contributed by atoms with Crippen LogP contribution in [0.1, 0.15) is 27.8 Å². The molecule has 0 bridgehead atoms. The molecule has 2 heterocycles. The van der Waals surface area contributed by atoms with Gasteiger partial charge in [0.2, 0.25) is 0 Å². The lowest BCUT2D eigenvalue weighted by Crippen LogP contribution is -2.30. The van der Waals surface area contributed by atoms with Crippen molar-refractivity contribution >= 4 is 5.91 Å². The van der Waals surface area contributed by atoms with Crippen LogP contribution in [0, 0.1) is 0 Å². The Labute approximate surface area is 145 Å². The van der Waals surface area contributed by atoms with Gasteiger partial charge in [0.1, 0.15) is 29.6 Å². The number of aromatic nitrogens is 2. The van der Waals surface area contributed by atoms with E-state index >= 15 is 0 Å². The first-order chi connectivity index (χ1) is 12.1. The molecule has 1 unspecified atom stereocenters. The van der Waals surface area contributed by atoms with E-state index in [-0.39, 0.29) is 5.91 Å². The van der Waals surface area contributed by atoms with Crippen LogP contribution < -0.4 is 14.8 Å². The fraction of sp³-hybridized carbons (Fsp3) is 0.222. The summed E-state index contributed by atoms with van der Waals surface area (Å²) < 4.78 is 17.5. The van der Waals surface area contributed by atoms with Crippen molar-refractivity contribution in [2.24, 2.45) is 7.05 Å². The Hall–Kier alpha value is -3.22. The van der Waals surface area contributed by atoms with Crippen molar-refractivity contribution in [2.75, 3.05) is 14.2 Å². The molecule has 1 amide bonds. The van der Waals surface area contributed by atoms with Crippen molar-refractivity contribution in [3.63, 3.8) is 0 Å². The molecule has 0 aliphatic carbocycles. The number of amides is 1. The molecular formula is C18H19N3O4.